The number of pyridine rings is 1. The predicted octanol–water partition coefficient (Wildman–Crippen LogP) is 1.83. The van der Waals surface area contributed by atoms with Crippen LogP contribution in [0.25, 0.3) is 11.4 Å². The van der Waals surface area contributed by atoms with Crippen molar-refractivity contribution in [1.82, 2.24) is 20.6 Å². The molecule has 8 nitrogen and oxygen atoms in total. The summed E-state index contributed by atoms with van der Waals surface area (Å²) in [5.74, 6) is -1.55. The zero-order chi connectivity index (χ0) is 15.5. The lowest BCUT2D eigenvalue weighted by Crippen LogP contribution is -2.27. The first-order valence-corrected chi connectivity index (χ1v) is 5.37. The fourth-order valence-corrected chi connectivity index (χ4v) is 1.29. The third kappa shape index (κ3) is 3.66. The number of rotatable bonds is 3. The molecule has 0 bridgehead atoms. The first-order valence-electron chi connectivity index (χ1n) is 5.37. The van der Waals surface area contributed by atoms with Crippen LogP contribution >= 0.6 is 0 Å². The maximum absolute atomic E-state index is 12.3. The normalized spacial score (nSPS) is 11.2. The van der Waals surface area contributed by atoms with Gasteiger partial charge in [-0.1, -0.05) is 5.16 Å². The lowest BCUT2D eigenvalue weighted by molar-refractivity contribution is -0.159. The van der Waals surface area contributed by atoms with E-state index in [4.69, 9.17) is 0 Å². The Labute approximate surface area is 115 Å². The van der Waals surface area contributed by atoms with E-state index in [-0.39, 0.29) is 17.2 Å². The van der Waals surface area contributed by atoms with Crippen molar-refractivity contribution in [1.29, 1.82) is 0 Å². The minimum absolute atomic E-state index is 0.160. The van der Waals surface area contributed by atoms with Crippen LogP contribution in [0.1, 0.15) is 5.89 Å². The van der Waals surface area contributed by atoms with E-state index >= 15 is 0 Å². The van der Waals surface area contributed by atoms with Crippen LogP contribution in [0.15, 0.2) is 22.9 Å². The first-order chi connectivity index (χ1) is 9.90. The summed E-state index contributed by atoms with van der Waals surface area (Å²) in [6, 6.07) is 2.07. The van der Waals surface area contributed by atoms with Crippen molar-refractivity contribution in [2.24, 2.45) is 0 Å². The summed E-state index contributed by atoms with van der Waals surface area (Å²) in [6.07, 6.45) is -3.52. The Bertz CT molecular complexity index is 626. The number of alkyl halides is 3. The van der Waals surface area contributed by atoms with Crippen LogP contribution < -0.4 is 10.8 Å². The third-order valence-corrected chi connectivity index (χ3v) is 2.13. The average Bonchev–Trinajstić information content (AvgIpc) is 2.89. The van der Waals surface area contributed by atoms with Crippen LogP contribution in [0.2, 0.25) is 0 Å². The minimum atomic E-state index is -4.71. The predicted molar refractivity (Wildman–Crippen MR) is 61.7 cm³/mol. The highest BCUT2D eigenvalue weighted by Crippen LogP contribution is 2.29. The Hall–Kier alpha value is -2.69. The van der Waals surface area contributed by atoms with Gasteiger partial charge in [0.15, 0.2) is 0 Å². The topological polar surface area (TPSA) is 102 Å². The highest BCUT2D eigenvalue weighted by molar-refractivity contribution is 5.87. The number of aromatic nitrogens is 3. The zero-order valence-corrected chi connectivity index (χ0v) is 10.4. The van der Waals surface area contributed by atoms with Crippen LogP contribution in [0.3, 0.4) is 0 Å². The van der Waals surface area contributed by atoms with Crippen LogP contribution in [0.4, 0.5) is 23.8 Å². The second-order valence-electron chi connectivity index (χ2n) is 3.61. The molecule has 2 N–H and O–H groups in total. The van der Waals surface area contributed by atoms with E-state index in [1.807, 2.05) is 5.48 Å². The molecule has 0 saturated carbocycles. The molecule has 0 aliphatic rings. The van der Waals surface area contributed by atoms with Gasteiger partial charge in [0.25, 0.3) is 0 Å². The molecule has 2 aromatic heterocycles. The van der Waals surface area contributed by atoms with E-state index < -0.39 is 18.1 Å². The number of amides is 2. The summed E-state index contributed by atoms with van der Waals surface area (Å²) in [5, 5.41) is 5.53. The molecule has 0 saturated heterocycles. The summed E-state index contributed by atoms with van der Waals surface area (Å²) in [4.78, 5) is 22.5. The van der Waals surface area contributed by atoms with Gasteiger partial charge in [0, 0.05) is 11.8 Å². The quantitative estimate of drug-likeness (QED) is 0.839. The smallest absolute Gasteiger partial charge is 0.329 e. The van der Waals surface area contributed by atoms with Gasteiger partial charge in [-0.05, 0) is 12.1 Å². The Kier molecular flexibility index (Phi) is 4.03. The van der Waals surface area contributed by atoms with E-state index in [1.165, 1.54) is 25.4 Å². The maximum atomic E-state index is 12.3. The van der Waals surface area contributed by atoms with Crippen molar-refractivity contribution in [3.63, 3.8) is 0 Å². The SMILES string of the molecule is CONC(=O)Nc1ccc(-c2noc(C(F)(F)F)n2)cn1. The molecule has 2 aromatic rings. The van der Waals surface area contributed by atoms with Crippen molar-refractivity contribution >= 4 is 11.8 Å². The van der Waals surface area contributed by atoms with Gasteiger partial charge in [0.1, 0.15) is 5.82 Å². The number of hydrogen-bond acceptors (Lipinski definition) is 6. The summed E-state index contributed by atoms with van der Waals surface area (Å²) in [5.41, 5.74) is 2.21. The van der Waals surface area contributed by atoms with Gasteiger partial charge < -0.3 is 4.52 Å². The molecule has 0 atom stereocenters. The number of carbonyl (C=O) groups excluding carboxylic acids is 1. The van der Waals surface area contributed by atoms with Gasteiger partial charge >= 0.3 is 18.1 Å². The molecule has 0 unspecified atom stereocenters. The van der Waals surface area contributed by atoms with Gasteiger partial charge in [0.05, 0.1) is 7.11 Å². The van der Waals surface area contributed by atoms with Crippen molar-refractivity contribution in [2.75, 3.05) is 12.4 Å². The van der Waals surface area contributed by atoms with Gasteiger partial charge in [0.2, 0.25) is 5.82 Å². The average molecular weight is 303 g/mol. The molecule has 11 heteroatoms. The molecule has 21 heavy (non-hydrogen) atoms. The lowest BCUT2D eigenvalue weighted by atomic mass is 10.2. The molecule has 2 amide bonds. The molecular weight excluding hydrogens is 295 g/mol. The number of halogens is 3. The highest BCUT2D eigenvalue weighted by atomic mass is 19.4. The van der Waals surface area contributed by atoms with E-state index in [9.17, 15) is 18.0 Å². The number of nitrogens with one attached hydrogen (secondary N) is 2. The standard InChI is InChI=1S/C10H8F3N5O3/c1-20-18-9(19)15-6-3-2-5(4-14-6)7-16-8(21-17-7)10(11,12)13/h2-4H,1H3,(H2,14,15,18,19). The number of carbonyl (C=O) groups is 1. The number of hydrogen-bond donors (Lipinski definition) is 2. The fraction of sp³-hybridized carbons (Fsp3) is 0.200. The van der Waals surface area contributed by atoms with Crippen molar-refractivity contribution in [3.8, 4) is 11.4 Å². The molecular formula is C10H8F3N5O3. The molecule has 112 valence electrons. The number of hydroxylamine groups is 1. The summed E-state index contributed by atoms with van der Waals surface area (Å²) >= 11 is 0. The largest absolute Gasteiger partial charge is 0.471 e. The Morgan fingerprint density at radius 3 is 2.67 bits per heavy atom. The first kappa shape index (κ1) is 14.7. The van der Waals surface area contributed by atoms with Crippen molar-refractivity contribution in [2.45, 2.75) is 6.18 Å². The van der Waals surface area contributed by atoms with E-state index in [2.05, 4.69) is 29.8 Å². The number of anilines is 1. The summed E-state index contributed by atoms with van der Waals surface area (Å²) in [6.45, 7) is 0. The van der Waals surface area contributed by atoms with E-state index in [1.54, 1.807) is 0 Å². The third-order valence-electron chi connectivity index (χ3n) is 2.13. The molecule has 0 fully saturated rings. The molecule has 0 aliphatic carbocycles. The summed E-state index contributed by atoms with van der Waals surface area (Å²) < 4.78 is 41.1. The monoisotopic (exact) mass is 303 g/mol. The molecule has 0 radical (unpaired) electrons. The van der Waals surface area contributed by atoms with Gasteiger partial charge in [-0.15, -0.1) is 0 Å². The van der Waals surface area contributed by atoms with Crippen molar-refractivity contribution < 1.29 is 27.3 Å². The minimum Gasteiger partial charge on any atom is -0.329 e. The fourth-order valence-electron chi connectivity index (χ4n) is 1.29. The molecule has 2 heterocycles. The Morgan fingerprint density at radius 2 is 2.14 bits per heavy atom. The number of urea groups is 1. The maximum Gasteiger partial charge on any atom is 0.471 e. The van der Waals surface area contributed by atoms with Gasteiger partial charge in [-0.2, -0.15) is 18.2 Å². The van der Waals surface area contributed by atoms with Crippen LogP contribution in [-0.4, -0.2) is 28.3 Å². The second kappa shape index (κ2) is 5.75. The van der Waals surface area contributed by atoms with Crippen LogP contribution in [0.5, 0.6) is 0 Å². The zero-order valence-electron chi connectivity index (χ0n) is 10.4. The molecule has 0 spiro atoms. The second-order valence-corrected chi connectivity index (χ2v) is 3.61. The molecule has 0 aromatic carbocycles. The number of nitrogens with zero attached hydrogens (tertiary/aromatic N) is 3. The van der Waals surface area contributed by atoms with Gasteiger partial charge in [-0.3, -0.25) is 10.2 Å². The van der Waals surface area contributed by atoms with Crippen LogP contribution in [0, 0.1) is 0 Å². The highest BCUT2D eigenvalue weighted by Gasteiger charge is 2.38. The molecule has 0 aliphatic heterocycles. The van der Waals surface area contributed by atoms with E-state index in [0.717, 1.165) is 0 Å². The van der Waals surface area contributed by atoms with Crippen LogP contribution in [-0.2, 0) is 11.0 Å². The van der Waals surface area contributed by atoms with Gasteiger partial charge in [-0.25, -0.2) is 15.3 Å². The Balaban J connectivity index is 2.12. The summed E-state index contributed by atoms with van der Waals surface area (Å²) in [7, 11) is 1.25. The van der Waals surface area contributed by atoms with E-state index in [0.29, 0.717) is 0 Å². The molecule has 2 rings (SSSR count). The lowest BCUT2D eigenvalue weighted by Gasteiger charge is -2.04. The Morgan fingerprint density at radius 1 is 1.38 bits per heavy atom. The van der Waals surface area contributed by atoms with Crippen molar-refractivity contribution in [3.05, 3.63) is 24.2 Å².